The van der Waals surface area contributed by atoms with Crippen molar-refractivity contribution in [3.63, 3.8) is 0 Å². The van der Waals surface area contributed by atoms with Gasteiger partial charge in [-0.15, -0.1) is 0 Å². The molecule has 9 aromatic carbocycles. The van der Waals surface area contributed by atoms with Gasteiger partial charge >= 0.3 is 0 Å². The largest absolute Gasteiger partial charge is 0.310 e. The normalized spacial score (nSPS) is 11.3. The van der Waals surface area contributed by atoms with E-state index >= 15 is 0 Å². The lowest BCUT2D eigenvalue weighted by molar-refractivity contribution is 1.29. The van der Waals surface area contributed by atoms with Crippen LogP contribution in [-0.2, 0) is 0 Å². The van der Waals surface area contributed by atoms with E-state index < -0.39 is 0 Å². The van der Waals surface area contributed by atoms with E-state index in [-0.39, 0.29) is 0 Å². The fraction of sp³-hybridized carbons (Fsp3) is 0.0400. The third kappa shape index (κ3) is 5.44. The van der Waals surface area contributed by atoms with Crippen LogP contribution in [0.15, 0.2) is 188 Å². The van der Waals surface area contributed by atoms with Gasteiger partial charge in [0, 0.05) is 17.1 Å². The number of aryl methyl sites for hydroxylation is 2. The zero-order chi connectivity index (χ0) is 34.3. The Morgan fingerprint density at radius 2 is 0.824 bits per heavy atom. The van der Waals surface area contributed by atoms with Crippen LogP contribution < -0.4 is 4.90 Å². The Bertz CT molecular complexity index is 2620. The minimum atomic E-state index is 1.12. The van der Waals surface area contributed by atoms with Crippen LogP contribution >= 0.6 is 0 Å². The molecule has 0 N–H and O–H groups in total. The molecule has 0 aliphatic rings. The summed E-state index contributed by atoms with van der Waals surface area (Å²) >= 11 is 0. The third-order valence-electron chi connectivity index (χ3n) is 10.1. The molecule has 1 nitrogen and oxygen atoms in total. The molecule has 0 aliphatic carbocycles. The van der Waals surface area contributed by atoms with E-state index in [9.17, 15) is 0 Å². The van der Waals surface area contributed by atoms with E-state index in [4.69, 9.17) is 0 Å². The number of para-hydroxylation sites is 2. The molecule has 0 saturated carbocycles. The van der Waals surface area contributed by atoms with Gasteiger partial charge in [0.2, 0.25) is 0 Å². The third-order valence-corrected chi connectivity index (χ3v) is 10.1. The van der Waals surface area contributed by atoms with Crippen LogP contribution in [0.5, 0.6) is 0 Å². The van der Waals surface area contributed by atoms with Gasteiger partial charge in [-0.1, -0.05) is 157 Å². The lowest BCUT2D eigenvalue weighted by Gasteiger charge is -2.27. The van der Waals surface area contributed by atoms with Crippen molar-refractivity contribution in [1.82, 2.24) is 0 Å². The molecule has 0 aliphatic heterocycles. The van der Waals surface area contributed by atoms with Crippen molar-refractivity contribution in [1.29, 1.82) is 0 Å². The molecule has 0 fully saturated rings. The first kappa shape index (κ1) is 30.6. The molecule has 242 valence electrons. The molecule has 0 saturated heterocycles. The summed E-state index contributed by atoms with van der Waals surface area (Å²) in [6.45, 7) is 4.40. The van der Waals surface area contributed by atoms with Crippen molar-refractivity contribution < 1.29 is 0 Å². The quantitative estimate of drug-likeness (QED) is 0.162. The van der Waals surface area contributed by atoms with Gasteiger partial charge in [0.1, 0.15) is 0 Å². The zero-order valence-corrected chi connectivity index (χ0v) is 28.8. The highest BCUT2D eigenvalue weighted by atomic mass is 15.1. The predicted molar refractivity (Wildman–Crippen MR) is 219 cm³/mol. The highest BCUT2D eigenvalue weighted by Crippen LogP contribution is 2.50. The number of benzene rings is 9. The van der Waals surface area contributed by atoms with E-state index in [1.807, 2.05) is 0 Å². The molecule has 51 heavy (non-hydrogen) atoms. The topological polar surface area (TPSA) is 3.24 Å². The maximum atomic E-state index is 2.45. The van der Waals surface area contributed by atoms with Crippen molar-refractivity contribution in [2.75, 3.05) is 4.90 Å². The monoisotopic (exact) mass is 651 g/mol. The highest BCUT2D eigenvalue weighted by molar-refractivity contribution is 6.33. The first-order chi connectivity index (χ1) is 25.1. The number of hydrogen-bond acceptors (Lipinski definition) is 1. The summed E-state index contributed by atoms with van der Waals surface area (Å²) in [6.07, 6.45) is 0. The predicted octanol–water partition coefficient (Wildman–Crippen LogP) is 14.2. The smallest absolute Gasteiger partial charge is 0.0468 e. The number of hydrogen-bond donors (Lipinski definition) is 0. The van der Waals surface area contributed by atoms with Crippen LogP contribution in [0.3, 0.4) is 0 Å². The van der Waals surface area contributed by atoms with Crippen LogP contribution in [0.1, 0.15) is 11.1 Å². The molecule has 0 spiro atoms. The average molecular weight is 652 g/mol. The standard InChI is InChI=1S/C50H37N/c1-34-29-35(2)31-38(30-34)46-33-45(36-17-7-3-8-18-36)49-43-26-16-15-25-42(43)47-32-41(27-28-44(47)50(49)48(46)37-19-9-4-10-20-37)51(39-21-11-5-12-22-39)40-23-13-6-14-24-40/h3-33H,1-2H3. The first-order valence-corrected chi connectivity index (χ1v) is 17.7. The number of fused-ring (bicyclic) bond motifs is 6. The Kier molecular flexibility index (Phi) is 7.67. The minimum Gasteiger partial charge on any atom is -0.310 e. The summed E-state index contributed by atoms with van der Waals surface area (Å²) in [6, 6.07) is 68.7. The van der Waals surface area contributed by atoms with Gasteiger partial charge in [0.15, 0.2) is 0 Å². The molecule has 0 radical (unpaired) electrons. The Morgan fingerprint density at radius 1 is 0.314 bits per heavy atom. The van der Waals surface area contributed by atoms with E-state index in [1.165, 1.54) is 76.8 Å². The summed E-state index contributed by atoms with van der Waals surface area (Å²) in [4.78, 5) is 2.36. The van der Waals surface area contributed by atoms with Gasteiger partial charge in [0.25, 0.3) is 0 Å². The average Bonchev–Trinajstić information content (AvgIpc) is 3.18. The lowest BCUT2D eigenvalue weighted by atomic mass is 9.81. The van der Waals surface area contributed by atoms with Crippen molar-refractivity contribution >= 4 is 49.4 Å². The molecule has 1 heteroatoms. The number of nitrogens with zero attached hydrogens (tertiary/aromatic N) is 1. The molecule has 0 unspecified atom stereocenters. The second kappa shape index (κ2) is 12.8. The molecular weight excluding hydrogens is 615 g/mol. The van der Waals surface area contributed by atoms with Gasteiger partial charge in [-0.05, 0) is 122 Å². The van der Waals surface area contributed by atoms with Crippen LogP contribution in [0, 0.1) is 13.8 Å². The second-order valence-electron chi connectivity index (χ2n) is 13.5. The van der Waals surface area contributed by atoms with Gasteiger partial charge < -0.3 is 4.90 Å². The number of rotatable bonds is 6. The van der Waals surface area contributed by atoms with Gasteiger partial charge in [-0.2, -0.15) is 0 Å². The SMILES string of the molecule is Cc1cc(C)cc(-c2cc(-c3ccccc3)c3c4ccccc4c4cc(N(c5ccccc5)c5ccccc5)ccc4c3c2-c2ccccc2)c1. The highest BCUT2D eigenvalue weighted by Gasteiger charge is 2.23. The summed E-state index contributed by atoms with van der Waals surface area (Å²) in [5, 5.41) is 7.55. The van der Waals surface area contributed by atoms with Crippen molar-refractivity contribution in [2.24, 2.45) is 0 Å². The Balaban J connectivity index is 1.48. The maximum Gasteiger partial charge on any atom is 0.0468 e. The van der Waals surface area contributed by atoms with E-state index in [1.54, 1.807) is 0 Å². The Morgan fingerprint density at radius 3 is 1.43 bits per heavy atom. The molecule has 9 aromatic rings. The van der Waals surface area contributed by atoms with Crippen LogP contribution in [-0.4, -0.2) is 0 Å². The van der Waals surface area contributed by atoms with Gasteiger partial charge in [-0.25, -0.2) is 0 Å². The van der Waals surface area contributed by atoms with Crippen LogP contribution in [0.2, 0.25) is 0 Å². The molecule has 0 aromatic heterocycles. The van der Waals surface area contributed by atoms with E-state index in [0.717, 1.165) is 17.1 Å². The van der Waals surface area contributed by atoms with Gasteiger partial charge in [-0.3, -0.25) is 0 Å². The molecule has 0 bridgehead atoms. The van der Waals surface area contributed by atoms with Crippen molar-refractivity contribution in [3.8, 4) is 33.4 Å². The van der Waals surface area contributed by atoms with E-state index in [0.29, 0.717) is 0 Å². The molecule has 9 rings (SSSR count). The summed E-state index contributed by atoms with van der Waals surface area (Å²) in [5.74, 6) is 0. The fourth-order valence-corrected chi connectivity index (χ4v) is 7.99. The summed E-state index contributed by atoms with van der Waals surface area (Å²) in [7, 11) is 0. The summed E-state index contributed by atoms with van der Waals surface area (Å²) in [5.41, 5.74) is 13.3. The minimum absolute atomic E-state index is 1.12. The van der Waals surface area contributed by atoms with E-state index in [2.05, 4.69) is 207 Å². The molecule has 0 amide bonds. The maximum absolute atomic E-state index is 2.45. The molecule has 0 heterocycles. The van der Waals surface area contributed by atoms with Gasteiger partial charge in [0.05, 0.1) is 0 Å². The lowest BCUT2D eigenvalue weighted by Crippen LogP contribution is -2.09. The Labute approximate surface area is 299 Å². The second-order valence-corrected chi connectivity index (χ2v) is 13.5. The molecule has 0 atom stereocenters. The Hall–Kier alpha value is -6.44. The summed E-state index contributed by atoms with van der Waals surface area (Å²) < 4.78 is 0. The van der Waals surface area contributed by atoms with Crippen LogP contribution in [0.25, 0.3) is 65.7 Å². The fourth-order valence-electron chi connectivity index (χ4n) is 7.99. The number of anilines is 3. The van der Waals surface area contributed by atoms with Crippen molar-refractivity contribution in [3.05, 3.63) is 199 Å². The van der Waals surface area contributed by atoms with Crippen LogP contribution in [0.4, 0.5) is 17.1 Å². The molecular formula is C50H37N. The van der Waals surface area contributed by atoms with Crippen molar-refractivity contribution in [2.45, 2.75) is 13.8 Å². The zero-order valence-electron chi connectivity index (χ0n) is 28.8. The first-order valence-electron chi connectivity index (χ1n) is 17.7.